The lowest BCUT2D eigenvalue weighted by Crippen LogP contribution is -2.22. The topological polar surface area (TPSA) is 44.1 Å². The number of aryl methyl sites for hydroxylation is 3. The van der Waals surface area contributed by atoms with E-state index in [0.717, 1.165) is 51.6 Å². The molecule has 0 N–H and O–H groups in total. The number of nitrogens with zero attached hydrogens (tertiary/aromatic N) is 2. The zero-order valence-corrected chi connectivity index (χ0v) is 19.1. The van der Waals surface area contributed by atoms with Gasteiger partial charge in [-0.2, -0.15) is 0 Å². The number of rotatable bonds is 6. The predicted molar refractivity (Wildman–Crippen MR) is 129 cm³/mol. The smallest absolute Gasteiger partial charge is 0.267 e. The summed E-state index contributed by atoms with van der Waals surface area (Å²) < 4.78 is 7.73. The average Bonchev–Trinajstić information content (AvgIpc) is 3.17. The van der Waals surface area contributed by atoms with Crippen molar-refractivity contribution in [2.75, 3.05) is 12.4 Å². The molecular formula is C25H24N2O2S2. The fraction of sp³-hybridized carbons (Fsp3) is 0.280. The summed E-state index contributed by atoms with van der Waals surface area (Å²) in [5.41, 5.74) is 3.27. The molecule has 0 fully saturated rings. The minimum atomic E-state index is 0.0536. The summed E-state index contributed by atoms with van der Waals surface area (Å²) in [5.74, 6) is 1.61. The molecule has 0 atom stereocenters. The minimum Gasteiger partial charge on any atom is -0.492 e. The second-order valence-corrected chi connectivity index (χ2v) is 9.87. The molecule has 0 amide bonds. The molecule has 1 aliphatic rings. The van der Waals surface area contributed by atoms with Crippen LogP contribution in [0.5, 0.6) is 5.75 Å². The van der Waals surface area contributed by atoms with Crippen LogP contribution in [0.25, 0.3) is 15.9 Å². The molecule has 0 spiro atoms. The van der Waals surface area contributed by atoms with Gasteiger partial charge in [-0.15, -0.1) is 11.3 Å². The van der Waals surface area contributed by atoms with Crippen LogP contribution in [0.3, 0.4) is 0 Å². The Labute approximate surface area is 189 Å². The van der Waals surface area contributed by atoms with Gasteiger partial charge in [-0.05, 0) is 61.9 Å². The Balaban J connectivity index is 1.49. The number of thioether (sulfide) groups is 1. The molecular weight excluding hydrogens is 424 g/mol. The van der Waals surface area contributed by atoms with Crippen LogP contribution in [0, 0.1) is 6.92 Å². The summed E-state index contributed by atoms with van der Waals surface area (Å²) in [6.45, 7) is 2.60. The molecule has 2 aromatic heterocycles. The lowest BCUT2D eigenvalue weighted by atomic mass is 9.97. The Morgan fingerprint density at radius 2 is 1.84 bits per heavy atom. The van der Waals surface area contributed by atoms with Gasteiger partial charge in [-0.1, -0.05) is 48.2 Å². The second-order valence-electron chi connectivity index (χ2n) is 7.72. The van der Waals surface area contributed by atoms with Crippen LogP contribution in [0.15, 0.2) is 64.5 Å². The van der Waals surface area contributed by atoms with Gasteiger partial charge in [0.25, 0.3) is 5.56 Å². The Morgan fingerprint density at radius 3 is 2.68 bits per heavy atom. The average molecular weight is 449 g/mol. The molecule has 5 rings (SSSR count). The maximum atomic E-state index is 13.7. The number of ether oxygens (including phenoxy) is 1. The van der Waals surface area contributed by atoms with E-state index in [1.54, 1.807) is 27.7 Å². The van der Waals surface area contributed by atoms with Crippen molar-refractivity contribution in [1.82, 2.24) is 9.55 Å². The van der Waals surface area contributed by atoms with Crippen molar-refractivity contribution in [3.63, 3.8) is 0 Å². The summed E-state index contributed by atoms with van der Waals surface area (Å²) in [5, 5.41) is 1.56. The molecule has 0 aliphatic heterocycles. The van der Waals surface area contributed by atoms with Gasteiger partial charge in [0.1, 0.15) is 10.6 Å². The van der Waals surface area contributed by atoms with E-state index in [2.05, 4.69) is 0 Å². The molecule has 31 heavy (non-hydrogen) atoms. The number of fused-ring (bicyclic) bond motifs is 3. The molecule has 0 saturated heterocycles. The summed E-state index contributed by atoms with van der Waals surface area (Å²) >= 11 is 3.28. The fourth-order valence-electron chi connectivity index (χ4n) is 4.09. The third kappa shape index (κ3) is 4.02. The molecule has 0 bridgehead atoms. The molecule has 2 heterocycles. The number of hydrogen-bond acceptors (Lipinski definition) is 5. The van der Waals surface area contributed by atoms with Crippen LogP contribution in [0.2, 0.25) is 0 Å². The first kappa shape index (κ1) is 20.3. The Kier molecular flexibility index (Phi) is 5.83. The normalized spacial score (nSPS) is 13.3. The second kappa shape index (κ2) is 8.89. The summed E-state index contributed by atoms with van der Waals surface area (Å²) in [6.07, 6.45) is 4.40. The summed E-state index contributed by atoms with van der Waals surface area (Å²) in [4.78, 5) is 20.9. The van der Waals surface area contributed by atoms with Crippen LogP contribution in [-0.4, -0.2) is 21.9 Å². The number of hydrogen-bond donors (Lipinski definition) is 0. The lowest BCUT2D eigenvalue weighted by Gasteiger charge is -2.14. The van der Waals surface area contributed by atoms with Crippen LogP contribution in [-0.2, 0) is 12.8 Å². The van der Waals surface area contributed by atoms with Gasteiger partial charge in [0, 0.05) is 10.6 Å². The zero-order valence-electron chi connectivity index (χ0n) is 17.5. The van der Waals surface area contributed by atoms with Gasteiger partial charge >= 0.3 is 0 Å². The number of thiophene rings is 1. The monoisotopic (exact) mass is 448 g/mol. The Morgan fingerprint density at radius 1 is 1.06 bits per heavy atom. The van der Waals surface area contributed by atoms with E-state index in [1.165, 1.54) is 16.9 Å². The van der Waals surface area contributed by atoms with E-state index >= 15 is 0 Å². The quantitative estimate of drug-likeness (QED) is 0.212. The van der Waals surface area contributed by atoms with Crippen LogP contribution < -0.4 is 10.3 Å². The Hall–Kier alpha value is -2.57. The number of benzene rings is 2. The minimum absolute atomic E-state index is 0.0536. The van der Waals surface area contributed by atoms with Crippen molar-refractivity contribution in [1.29, 1.82) is 0 Å². The molecule has 2 aromatic carbocycles. The van der Waals surface area contributed by atoms with E-state index in [-0.39, 0.29) is 5.56 Å². The molecule has 1 aliphatic carbocycles. The Bertz CT molecular complexity index is 1280. The molecule has 0 radical (unpaired) electrons. The third-order valence-electron chi connectivity index (χ3n) is 5.64. The van der Waals surface area contributed by atoms with Crippen LogP contribution in [0.4, 0.5) is 0 Å². The zero-order chi connectivity index (χ0) is 21.2. The van der Waals surface area contributed by atoms with Gasteiger partial charge in [0.15, 0.2) is 5.16 Å². The standard InChI is InChI=1S/C25H24N2O2S2/c1-17-9-5-7-13-20(17)29-15-16-30-25-26-23-22(19-12-6-8-14-21(19)31-23)24(28)27(25)18-10-3-2-4-11-18/h2-5,7,9-11,13H,6,8,12,14-16H2,1H3. The van der Waals surface area contributed by atoms with Crippen LogP contribution >= 0.6 is 23.1 Å². The predicted octanol–water partition coefficient (Wildman–Crippen LogP) is 5.81. The molecule has 158 valence electrons. The van der Waals surface area contributed by atoms with Gasteiger partial charge in [-0.3, -0.25) is 9.36 Å². The van der Waals surface area contributed by atoms with E-state index < -0.39 is 0 Å². The lowest BCUT2D eigenvalue weighted by molar-refractivity contribution is 0.341. The molecule has 4 aromatic rings. The van der Waals surface area contributed by atoms with Gasteiger partial charge in [0.2, 0.25) is 0 Å². The first-order chi connectivity index (χ1) is 15.2. The summed E-state index contributed by atoms with van der Waals surface area (Å²) in [6, 6.07) is 17.9. The first-order valence-electron chi connectivity index (χ1n) is 10.7. The van der Waals surface area contributed by atoms with E-state index in [4.69, 9.17) is 9.72 Å². The highest BCUT2D eigenvalue weighted by Gasteiger charge is 2.22. The van der Waals surface area contributed by atoms with E-state index in [1.807, 2.05) is 61.5 Å². The largest absolute Gasteiger partial charge is 0.492 e. The number of aromatic nitrogens is 2. The molecule has 6 heteroatoms. The van der Waals surface area contributed by atoms with Crippen molar-refractivity contribution in [3.05, 3.63) is 81.0 Å². The first-order valence-corrected chi connectivity index (χ1v) is 12.5. The highest BCUT2D eigenvalue weighted by atomic mass is 32.2. The SMILES string of the molecule is Cc1ccccc1OCCSc1nc2sc3c(c2c(=O)n1-c1ccccc1)CCCC3. The summed E-state index contributed by atoms with van der Waals surface area (Å²) in [7, 11) is 0. The van der Waals surface area contributed by atoms with Gasteiger partial charge in [-0.25, -0.2) is 4.98 Å². The third-order valence-corrected chi connectivity index (χ3v) is 7.73. The fourth-order valence-corrected chi connectivity index (χ4v) is 6.22. The van der Waals surface area contributed by atoms with Crippen molar-refractivity contribution in [3.8, 4) is 11.4 Å². The highest BCUT2D eigenvalue weighted by molar-refractivity contribution is 7.99. The number of para-hydroxylation sites is 2. The maximum absolute atomic E-state index is 13.7. The van der Waals surface area contributed by atoms with Crippen molar-refractivity contribution in [2.24, 2.45) is 0 Å². The van der Waals surface area contributed by atoms with Gasteiger partial charge < -0.3 is 4.74 Å². The maximum Gasteiger partial charge on any atom is 0.267 e. The van der Waals surface area contributed by atoms with Crippen molar-refractivity contribution >= 4 is 33.3 Å². The highest BCUT2D eigenvalue weighted by Crippen LogP contribution is 2.35. The molecule has 0 unspecified atom stereocenters. The van der Waals surface area contributed by atoms with E-state index in [0.29, 0.717) is 12.4 Å². The molecule has 0 saturated carbocycles. The van der Waals surface area contributed by atoms with Gasteiger partial charge in [0.05, 0.1) is 17.7 Å². The van der Waals surface area contributed by atoms with Crippen molar-refractivity contribution < 1.29 is 4.74 Å². The van der Waals surface area contributed by atoms with Crippen molar-refractivity contribution in [2.45, 2.75) is 37.8 Å². The van der Waals surface area contributed by atoms with E-state index in [9.17, 15) is 4.79 Å². The molecule has 4 nitrogen and oxygen atoms in total. The van der Waals surface area contributed by atoms with Crippen LogP contribution in [0.1, 0.15) is 28.8 Å².